The van der Waals surface area contributed by atoms with E-state index in [2.05, 4.69) is 24.1 Å². The monoisotopic (exact) mass is 434 g/mol. The predicted molar refractivity (Wildman–Crippen MR) is 123 cm³/mol. The van der Waals surface area contributed by atoms with Gasteiger partial charge in [-0.2, -0.15) is 0 Å². The van der Waals surface area contributed by atoms with Gasteiger partial charge in [-0.05, 0) is 47.2 Å². The number of amides is 1. The van der Waals surface area contributed by atoms with Crippen molar-refractivity contribution < 1.29 is 4.79 Å². The Hall–Kier alpha value is -3.52. The normalized spacial score (nSPS) is 11.2. The van der Waals surface area contributed by atoms with Gasteiger partial charge in [0.25, 0.3) is 5.56 Å². The second-order valence-electron chi connectivity index (χ2n) is 7.54. The van der Waals surface area contributed by atoms with Crippen LogP contribution >= 0.6 is 11.3 Å². The topological polar surface area (TPSA) is 86.0 Å². The van der Waals surface area contributed by atoms with Crippen molar-refractivity contribution >= 4 is 34.0 Å². The minimum absolute atomic E-state index is 0.139. The Kier molecular flexibility index (Phi) is 5.81. The molecule has 8 heteroatoms. The summed E-state index contributed by atoms with van der Waals surface area (Å²) in [6, 6.07) is 14.6. The molecule has 0 radical (unpaired) electrons. The number of hydrogen-bond acceptors (Lipinski definition) is 5. The molecule has 158 valence electrons. The number of hydrogen-bond donors (Lipinski definition) is 1. The van der Waals surface area contributed by atoms with Gasteiger partial charge in [0.1, 0.15) is 6.54 Å². The molecule has 3 aromatic heterocycles. The van der Waals surface area contributed by atoms with E-state index in [1.54, 1.807) is 12.1 Å². The molecule has 0 saturated carbocycles. The highest BCUT2D eigenvalue weighted by Gasteiger charge is 2.17. The SMILES string of the molecule is CC(C)c1ccc(NC(=O)Cn2c(=O)n(Cc3cccs3)c(=O)c3ncccc32)cc1. The molecule has 4 aromatic rings. The number of thiophene rings is 1. The van der Waals surface area contributed by atoms with Crippen LogP contribution in [0.15, 0.2) is 69.7 Å². The van der Waals surface area contributed by atoms with E-state index in [0.717, 1.165) is 9.44 Å². The zero-order chi connectivity index (χ0) is 22.0. The van der Waals surface area contributed by atoms with Crippen molar-refractivity contribution in [3.63, 3.8) is 0 Å². The predicted octanol–water partition coefficient (Wildman–Crippen LogP) is 3.43. The number of aromatic nitrogens is 3. The fourth-order valence-corrected chi connectivity index (χ4v) is 4.08. The minimum Gasteiger partial charge on any atom is -0.325 e. The van der Waals surface area contributed by atoms with Crippen LogP contribution in [-0.4, -0.2) is 20.0 Å². The summed E-state index contributed by atoms with van der Waals surface area (Å²) in [6.45, 7) is 4.12. The van der Waals surface area contributed by atoms with Crippen LogP contribution in [0.3, 0.4) is 0 Å². The zero-order valence-corrected chi connectivity index (χ0v) is 18.1. The molecule has 1 N–H and O–H groups in total. The number of fused-ring (bicyclic) bond motifs is 1. The lowest BCUT2D eigenvalue weighted by Crippen LogP contribution is -2.42. The molecular formula is C23H22N4O3S. The van der Waals surface area contributed by atoms with Crippen LogP contribution in [0, 0.1) is 0 Å². The highest BCUT2D eigenvalue weighted by molar-refractivity contribution is 7.09. The molecule has 1 amide bonds. The number of benzene rings is 1. The standard InChI is InChI=1S/C23H22N4O3S/c1-15(2)16-7-9-17(10-8-16)25-20(28)14-26-19-6-3-11-24-21(19)22(29)27(23(26)30)13-18-5-4-12-31-18/h3-12,15H,13-14H2,1-2H3,(H,25,28). The molecule has 0 atom stereocenters. The molecule has 0 fully saturated rings. The summed E-state index contributed by atoms with van der Waals surface area (Å²) in [6.07, 6.45) is 1.50. The van der Waals surface area contributed by atoms with E-state index in [4.69, 9.17) is 0 Å². The van der Waals surface area contributed by atoms with Crippen molar-refractivity contribution in [2.45, 2.75) is 32.9 Å². The average molecular weight is 435 g/mol. The Morgan fingerprint density at radius 3 is 2.52 bits per heavy atom. The molecule has 0 bridgehead atoms. The second kappa shape index (κ2) is 8.69. The van der Waals surface area contributed by atoms with E-state index >= 15 is 0 Å². The van der Waals surface area contributed by atoms with Crippen LogP contribution in [0.25, 0.3) is 11.0 Å². The molecule has 7 nitrogen and oxygen atoms in total. The van der Waals surface area contributed by atoms with Gasteiger partial charge in [0, 0.05) is 16.8 Å². The lowest BCUT2D eigenvalue weighted by molar-refractivity contribution is -0.116. The summed E-state index contributed by atoms with van der Waals surface area (Å²) in [5.41, 5.74) is 1.32. The number of rotatable bonds is 6. The first kappa shape index (κ1) is 20.7. The van der Waals surface area contributed by atoms with Crippen LogP contribution < -0.4 is 16.6 Å². The molecule has 0 spiro atoms. The number of carbonyl (C=O) groups excluding carboxylic acids is 1. The van der Waals surface area contributed by atoms with Gasteiger partial charge in [-0.1, -0.05) is 32.0 Å². The van der Waals surface area contributed by atoms with Crippen LogP contribution in [0.1, 0.15) is 30.2 Å². The molecule has 0 unspecified atom stereocenters. The van der Waals surface area contributed by atoms with E-state index in [1.807, 2.05) is 41.8 Å². The highest BCUT2D eigenvalue weighted by Crippen LogP contribution is 2.17. The van der Waals surface area contributed by atoms with Crippen molar-refractivity contribution in [2.75, 3.05) is 5.32 Å². The molecule has 0 saturated heterocycles. The maximum atomic E-state index is 13.2. The van der Waals surface area contributed by atoms with Crippen molar-refractivity contribution in [1.29, 1.82) is 0 Å². The largest absolute Gasteiger partial charge is 0.332 e. The molecular weight excluding hydrogens is 412 g/mol. The van der Waals surface area contributed by atoms with Crippen molar-refractivity contribution in [1.82, 2.24) is 14.1 Å². The number of nitrogens with one attached hydrogen (secondary N) is 1. The summed E-state index contributed by atoms with van der Waals surface area (Å²) in [7, 11) is 0. The fraction of sp³-hybridized carbons (Fsp3) is 0.217. The van der Waals surface area contributed by atoms with Crippen molar-refractivity contribution in [2.24, 2.45) is 0 Å². The maximum absolute atomic E-state index is 13.2. The van der Waals surface area contributed by atoms with E-state index in [0.29, 0.717) is 17.1 Å². The molecule has 3 heterocycles. The molecule has 31 heavy (non-hydrogen) atoms. The molecule has 4 rings (SSSR count). The molecule has 0 aliphatic heterocycles. The average Bonchev–Trinajstić information content (AvgIpc) is 3.28. The summed E-state index contributed by atoms with van der Waals surface area (Å²) < 4.78 is 2.43. The number of anilines is 1. The number of pyridine rings is 1. The third-order valence-corrected chi connectivity index (χ3v) is 5.90. The highest BCUT2D eigenvalue weighted by atomic mass is 32.1. The Bertz CT molecular complexity index is 1340. The zero-order valence-electron chi connectivity index (χ0n) is 17.2. The molecule has 0 aliphatic rings. The Labute approximate surface area is 182 Å². The minimum atomic E-state index is -0.538. The summed E-state index contributed by atoms with van der Waals surface area (Å²) in [4.78, 5) is 43.8. The van der Waals surface area contributed by atoms with Gasteiger partial charge in [-0.25, -0.2) is 9.78 Å². The van der Waals surface area contributed by atoms with Gasteiger partial charge in [0.05, 0.1) is 12.1 Å². The van der Waals surface area contributed by atoms with E-state index in [1.165, 1.54) is 27.7 Å². The van der Waals surface area contributed by atoms with E-state index in [-0.39, 0.29) is 24.5 Å². The van der Waals surface area contributed by atoms with Gasteiger partial charge in [-0.3, -0.25) is 18.7 Å². The fourth-order valence-electron chi connectivity index (χ4n) is 3.39. The Balaban J connectivity index is 1.68. The Morgan fingerprint density at radius 1 is 1.06 bits per heavy atom. The Morgan fingerprint density at radius 2 is 1.84 bits per heavy atom. The van der Waals surface area contributed by atoms with Crippen LogP contribution in [0.5, 0.6) is 0 Å². The lowest BCUT2D eigenvalue weighted by Gasteiger charge is -2.13. The first-order chi connectivity index (χ1) is 14.9. The summed E-state index contributed by atoms with van der Waals surface area (Å²) in [5, 5.41) is 4.71. The van der Waals surface area contributed by atoms with Crippen molar-refractivity contribution in [3.05, 3.63) is 91.4 Å². The van der Waals surface area contributed by atoms with E-state index in [9.17, 15) is 14.4 Å². The number of carbonyl (C=O) groups is 1. The second-order valence-corrected chi connectivity index (χ2v) is 8.57. The van der Waals surface area contributed by atoms with Gasteiger partial charge < -0.3 is 5.32 Å². The first-order valence-corrected chi connectivity index (χ1v) is 10.8. The molecule has 1 aromatic carbocycles. The smallest absolute Gasteiger partial charge is 0.325 e. The van der Waals surface area contributed by atoms with E-state index < -0.39 is 11.2 Å². The third kappa shape index (κ3) is 4.34. The third-order valence-electron chi connectivity index (χ3n) is 5.04. The van der Waals surface area contributed by atoms with Crippen LogP contribution in [-0.2, 0) is 17.9 Å². The lowest BCUT2D eigenvalue weighted by atomic mass is 10.0. The van der Waals surface area contributed by atoms with Gasteiger partial charge in [0.15, 0.2) is 5.52 Å². The summed E-state index contributed by atoms with van der Waals surface area (Å²) in [5.74, 6) is 0.0393. The quantitative estimate of drug-likeness (QED) is 0.504. The van der Waals surface area contributed by atoms with Crippen LogP contribution in [0.4, 0.5) is 5.69 Å². The van der Waals surface area contributed by atoms with Gasteiger partial charge >= 0.3 is 5.69 Å². The van der Waals surface area contributed by atoms with Gasteiger partial charge in [-0.15, -0.1) is 11.3 Å². The first-order valence-electron chi connectivity index (χ1n) is 9.94. The van der Waals surface area contributed by atoms with Crippen LogP contribution in [0.2, 0.25) is 0 Å². The summed E-state index contributed by atoms with van der Waals surface area (Å²) >= 11 is 1.46. The maximum Gasteiger partial charge on any atom is 0.332 e. The number of nitrogens with zero attached hydrogens (tertiary/aromatic N) is 3. The van der Waals surface area contributed by atoms with Gasteiger partial charge in [0.2, 0.25) is 5.91 Å². The van der Waals surface area contributed by atoms with Crippen molar-refractivity contribution in [3.8, 4) is 0 Å². The molecule has 0 aliphatic carbocycles.